The van der Waals surface area contributed by atoms with Gasteiger partial charge in [0.15, 0.2) is 0 Å². The third kappa shape index (κ3) is 9.31. The Hall–Kier alpha value is -7.20. The van der Waals surface area contributed by atoms with Gasteiger partial charge in [-0.05, 0) is 114 Å². The summed E-state index contributed by atoms with van der Waals surface area (Å²) >= 11 is 0. The van der Waals surface area contributed by atoms with E-state index in [2.05, 4.69) is 97.7 Å². The van der Waals surface area contributed by atoms with Crippen LogP contribution < -0.4 is 30.5 Å². The van der Waals surface area contributed by atoms with Gasteiger partial charge < -0.3 is 28.5 Å². The molecular weight excluding hydrogens is 825 g/mol. The van der Waals surface area contributed by atoms with Gasteiger partial charge in [-0.1, -0.05) is 36.4 Å². The van der Waals surface area contributed by atoms with Crippen LogP contribution in [0.2, 0.25) is 0 Å². The van der Waals surface area contributed by atoms with Crippen molar-refractivity contribution in [2.24, 2.45) is 0 Å². The molecule has 10 heteroatoms. The van der Waals surface area contributed by atoms with E-state index < -0.39 is 11.9 Å². The molecule has 338 valence electrons. The second-order valence-corrected chi connectivity index (χ2v) is 16.2. The first-order valence-corrected chi connectivity index (χ1v) is 23.5. The van der Waals surface area contributed by atoms with Crippen LogP contribution in [0.15, 0.2) is 130 Å². The number of hydrogen-bond donors (Lipinski definition) is 2. The van der Waals surface area contributed by atoms with E-state index in [4.69, 9.17) is 18.3 Å². The van der Waals surface area contributed by atoms with Gasteiger partial charge in [-0.3, -0.25) is 0 Å². The van der Waals surface area contributed by atoms with Crippen LogP contribution in [0.4, 0.5) is 11.4 Å². The Morgan fingerprint density at radius 2 is 1.17 bits per heavy atom. The van der Waals surface area contributed by atoms with Gasteiger partial charge in [0.25, 0.3) is 0 Å². The molecule has 2 aliphatic heterocycles. The first-order chi connectivity index (χ1) is 32.3. The van der Waals surface area contributed by atoms with Gasteiger partial charge in [-0.2, -0.15) is 0 Å². The third-order valence-corrected chi connectivity index (χ3v) is 12.3. The lowest BCUT2D eigenvalue weighted by molar-refractivity contribution is -0.496. The molecule has 0 radical (unpaired) electrons. The first kappa shape index (κ1) is 45.4. The van der Waals surface area contributed by atoms with Crippen molar-refractivity contribution in [3.05, 3.63) is 143 Å². The minimum absolute atomic E-state index is 0.168. The predicted molar refractivity (Wildman–Crippen MR) is 265 cm³/mol. The molecule has 4 aromatic rings. The normalized spacial score (nSPS) is 11.7. The molecule has 0 saturated heterocycles. The summed E-state index contributed by atoms with van der Waals surface area (Å²) < 4.78 is 27.3. The zero-order valence-corrected chi connectivity index (χ0v) is 39.0. The topological polar surface area (TPSA) is 111 Å². The predicted octanol–water partition coefficient (Wildman–Crippen LogP) is 9.61. The van der Waals surface area contributed by atoms with Crippen LogP contribution in [0.5, 0.6) is 0 Å². The maximum Gasteiger partial charge on any atom is 0.338 e. The Balaban J connectivity index is 1.00. The van der Waals surface area contributed by atoms with Crippen molar-refractivity contribution in [2.45, 2.75) is 54.4 Å². The summed E-state index contributed by atoms with van der Waals surface area (Å²) in [4.78, 5) is 33.5. The summed E-state index contributed by atoms with van der Waals surface area (Å²) in [5, 5.41) is 7.21. The number of fused-ring (bicyclic) bond motifs is 4. The van der Waals surface area contributed by atoms with E-state index in [1.807, 2.05) is 78.9 Å². The van der Waals surface area contributed by atoms with Crippen molar-refractivity contribution in [1.29, 1.82) is 0 Å². The molecule has 10 nitrogen and oxygen atoms in total. The SMILES string of the molecule is CCNc1ccc2c(-c3ccccc3C(=O)OCCCCOC(=O)c3ccccc3-c3c4ccc(=[N+](CC)CC)cc-4oc4cc(N(CC)CC)ccc34)c3ccc(=[NH+]CC)cc-3oc2c1. The average Bonchev–Trinajstić information content (AvgIpc) is 3.34. The molecule has 0 aromatic heterocycles. The monoisotopic (exact) mass is 884 g/mol. The van der Waals surface area contributed by atoms with E-state index in [9.17, 15) is 9.59 Å². The highest BCUT2D eigenvalue weighted by Gasteiger charge is 2.25. The number of rotatable bonds is 17. The smallest absolute Gasteiger partial charge is 0.338 e. The number of ether oxygens (including phenoxy) is 2. The van der Waals surface area contributed by atoms with Crippen LogP contribution in [0.3, 0.4) is 0 Å². The Labute approximate surface area is 386 Å². The Bertz CT molecular complexity index is 3100. The molecule has 0 fully saturated rings. The van der Waals surface area contributed by atoms with Crippen molar-refractivity contribution in [1.82, 2.24) is 4.58 Å². The second-order valence-electron chi connectivity index (χ2n) is 16.2. The average molecular weight is 885 g/mol. The molecule has 4 aromatic carbocycles. The summed E-state index contributed by atoms with van der Waals surface area (Å²) in [6.07, 6.45) is 1.03. The van der Waals surface area contributed by atoms with E-state index in [-0.39, 0.29) is 13.2 Å². The largest absolute Gasteiger partial charge is 0.462 e. The Morgan fingerprint density at radius 3 is 1.74 bits per heavy atom. The fraction of sp³-hybridized carbons (Fsp3) is 0.286. The summed E-state index contributed by atoms with van der Waals surface area (Å²) in [5.41, 5.74) is 9.58. The standard InChI is InChI=1S/C56H59N4O6/c1-7-57-37-23-27-45-49(33-37)65-50-34-38(58-8-2)24-28-46(50)53(45)41-19-13-15-21-43(41)55(61)63-31-17-18-32-64-56(62)44-22-16-14-20-42(44)54-47-29-25-39(59(9-3)10-4)35-51(47)66-52-36-40(26-30-48(52)54)60(11-5)12-6/h13-16,19-30,33-36,57H,7-12,17-18,31-32H2,1-6H3/q+1/p+1. The maximum absolute atomic E-state index is 14.0. The van der Waals surface area contributed by atoms with Crippen LogP contribution in [0.25, 0.3) is 66.8 Å². The molecule has 0 unspecified atom stereocenters. The number of carbonyl (C=O) groups excluding carboxylic acids is 2. The molecular formula is C56H60N4O6+2. The number of carbonyl (C=O) groups is 2. The van der Waals surface area contributed by atoms with Gasteiger partial charge in [0.1, 0.15) is 42.3 Å². The van der Waals surface area contributed by atoms with Crippen molar-refractivity contribution >= 4 is 45.3 Å². The number of nitrogens with zero attached hydrogens (tertiary/aromatic N) is 2. The molecule has 2 heterocycles. The van der Waals surface area contributed by atoms with Crippen LogP contribution >= 0.6 is 0 Å². The number of anilines is 2. The highest BCUT2D eigenvalue weighted by molar-refractivity contribution is 6.09. The number of nitrogens with one attached hydrogen (secondary N) is 2. The lowest BCUT2D eigenvalue weighted by atomic mass is 9.90. The molecule has 0 saturated carbocycles. The van der Waals surface area contributed by atoms with Crippen LogP contribution in [0, 0.1) is 0 Å². The quantitative estimate of drug-likeness (QED) is 0.0403. The van der Waals surface area contributed by atoms with E-state index in [1.54, 1.807) is 6.07 Å². The fourth-order valence-corrected chi connectivity index (χ4v) is 8.98. The maximum atomic E-state index is 14.0. The summed E-state index contributed by atoms with van der Waals surface area (Å²) in [5.74, 6) is 0.619. The lowest BCUT2D eigenvalue weighted by Crippen LogP contribution is -2.75. The lowest BCUT2D eigenvalue weighted by Gasteiger charge is -2.22. The molecule has 66 heavy (non-hydrogen) atoms. The molecule has 2 N–H and O–H groups in total. The molecule has 0 amide bonds. The van der Waals surface area contributed by atoms with Crippen LogP contribution in [0.1, 0.15) is 75.1 Å². The first-order valence-electron chi connectivity index (χ1n) is 23.5. The van der Waals surface area contributed by atoms with E-state index in [0.29, 0.717) is 35.3 Å². The van der Waals surface area contributed by atoms with Gasteiger partial charge in [0.05, 0.1) is 36.5 Å². The van der Waals surface area contributed by atoms with Crippen molar-refractivity contribution in [3.8, 4) is 44.9 Å². The third-order valence-electron chi connectivity index (χ3n) is 12.3. The van der Waals surface area contributed by atoms with Crippen LogP contribution in [-0.2, 0) is 9.47 Å². The Morgan fingerprint density at radius 1 is 0.606 bits per heavy atom. The van der Waals surface area contributed by atoms with E-state index in [1.165, 1.54) is 0 Å². The van der Waals surface area contributed by atoms with E-state index in [0.717, 1.165) is 117 Å². The summed E-state index contributed by atoms with van der Waals surface area (Å²) in [6, 6.07) is 40.0. The minimum Gasteiger partial charge on any atom is -0.462 e. The van der Waals surface area contributed by atoms with Gasteiger partial charge in [0, 0.05) is 88.3 Å². The van der Waals surface area contributed by atoms with Crippen molar-refractivity contribution < 1.29 is 32.9 Å². The highest BCUT2D eigenvalue weighted by atomic mass is 16.5. The molecule has 8 rings (SSSR count). The number of benzene rings is 6. The molecule has 0 bridgehead atoms. The molecule has 0 atom stereocenters. The molecule has 0 spiro atoms. The van der Waals surface area contributed by atoms with Crippen LogP contribution in [-0.4, -0.2) is 64.4 Å². The highest BCUT2D eigenvalue weighted by Crippen LogP contribution is 2.43. The van der Waals surface area contributed by atoms with Gasteiger partial charge in [-0.25, -0.2) is 19.2 Å². The molecule has 4 aliphatic rings. The molecule has 2 aliphatic carbocycles. The van der Waals surface area contributed by atoms with Crippen molar-refractivity contribution in [3.63, 3.8) is 0 Å². The second kappa shape index (κ2) is 20.7. The van der Waals surface area contributed by atoms with E-state index >= 15 is 0 Å². The van der Waals surface area contributed by atoms with Gasteiger partial charge in [-0.15, -0.1) is 0 Å². The zero-order chi connectivity index (χ0) is 46.2. The summed E-state index contributed by atoms with van der Waals surface area (Å²) in [7, 11) is 0. The number of unbranched alkanes of at least 4 members (excludes halogenated alkanes) is 1. The fourth-order valence-electron chi connectivity index (χ4n) is 8.98. The van der Waals surface area contributed by atoms with Gasteiger partial charge in [0.2, 0.25) is 10.7 Å². The minimum atomic E-state index is -0.422. The zero-order valence-electron chi connectivity index (χ0n) is 39.0. The Kier molecular flexibility index (Phi) is 14.3. The van der Waals surface area contributed by atoms with Gasteiger partial charge >= 0.3 is 11.9 Å². The summed E-state index contributed by atoms with van der Waals surface area (Å²) in [6.45, 7) is 18.1. The van der Waals surface area contributed by atoms with Crippen molar-refractivity contribution in [2.75, 3.05) is 62.7 Å². The number of esters is 2. The number of hydrogen-bond acceptors (Lipinski definition) is 8.